The van der Waals surface area contributed by atoms with E-state index in [1.807, 2.05) is 33.8 Å². The summed E-state index contributed by atoms with van der Waals surface area (Å²) in [5.74, 6) is 0. The Labute approximate surface area is 154 Å². The van der Waals surface area contributed by atoms with Crippen LogP contribution >= 0.6 is 0 Å². The number of aromatic nitrogens is 4. The van der Waals surface area contributed by atoms with Gasteiger partial charge in [0.05, 0.1) is 12.9 Å². The molecule has 2 aromatic rings. The molecule has 0 N–H and O–H groups in total. The SMILES string of the molecule is Cc1cc(C)nc(O[C@@H]2CCCN(S(=O)(=O)c3cn(C(C)C)cn3)C2)n1. The van der Waals surface area contributed by atoms with Gasteiger partial charge < -0.3 is 9.30 Å². The van der Waals surface area contributed by atoms with Crippen molar-refractivity contribution >= 4 is 10.0 Å². The Morgan fingerprint density at radius 3 is 2.54 bits per heavy atom. The maximum absolute atomic E-state index is 12.9. The Bertz CT molecular complexity index is 858. The highest BCUT2D eigenvalue weighted by Crippen LogP contribution is 2.22. The molecule has 9 heteroatoms. The minimum absolute atomic E-state index is 0.0782. The first kappa shape index (κ1) is 18.8. The zero-order chi connectivity index (χ0) is 18.9. The molecule has 0 aliphatic carbocycles. The predicted octanol–water partition coefficient (Wildman–Crippen LogP) is 2.10. The molecule has 142 valence electrons. The maximum atomic E-state index is 12.9. The number of rotatable bonds is 5. The van der Waals surface area contributed by atoms with Gasteiger partial charge in [-0.2, -0.15) is 4.31 Å². The average Bonchev–Trinajstić information content (AvgIpc) is 3.05. The van der Waals surface area contributed by atoms with E-state index in [1.54, 1.807) is 17.1 Å². The first-order chi connectivity index (χ1) is 12.3. The van der Waals surface area contributed by atoms with Gasteiger partial charge in [0.1, 0.15) is 6.10 Å². The summed E-state index contributed by atoms with van der Waals surface area (Å²) in [6.07, 6.45) is 4.35. The molecule has 0 unspecified atom stereocenters. The van der Waals surface area contributed by atoms with E-state index < -0.39 is 10.0 Å². The minimum atomic E-state index is -3.64. The Morgan fingerprint density at radius 1 is 1.23 bits per heavy atom. The van der Waals surface area contributed by atoms with Crippen molar-refractivity contribution in [3.63, 3.8) is 0 Å². The van der Waals surface area contributed by atoms with Crippen LogP contribution in [0.3, 0.4) is 0 Å². The molecule has 1 atom stereocenters. The summed E-state index contributed by atoms with van der Waals surface area (Å²) in [7, 11) is -3.64. The summed E-state index contributed by atoms with van der Waals surface area (Å²) in [5, 5.41) is 0.0782. The van der Waals surface area contributed by atoms with Crippen LogP contribution in [-0.4, -0.2) is 51.4 Å². The molecule has 1 aliphatic rings. The summed E-state index contributed by atoms with van der Waals surface area (Å²) < 4.78 is 34.9. The fourth-order valence-electron chi connectivity index (χ4n) is 2.98. The molecule has 3 rings (SSSR count). The Hall–Kier alpha value is -2.00. The first-order valence-electron chi connectivity index (χ1n) is 8.78. The second kappa shape index (κ2) is 7.32. The number of imidazole rings is 1. The lowest BCUT2D eigenvalue weighted by Gasteiger charge is -2.31. The van der Waals surface area contributed by atoms with Crippen molar-refractivity contribution in [2.45, 2.75) is 57.7 Å². The lowest BCUT2D eigenvalue weighted by Crippen LogP contribution is -2.44. The molecule has 0 spiro atoms. The zero-order valence-corrected chi connectivity index (χ0v) is 16.4. The van der Waals surface area contributed by atoms with Gasteiger partial charge in [0, 0.05) is 30.2 Å². The second-order valence-corrected chi connectivity index (χ2v) is 8.82. The summed E-state index contributed by atoms with van der Waals surface area (Å²) in [6, 6.07) is 2.33. The zero-order valence-electron chi connectivity index (χ0n) is 15.6. The summed E-state index contributed by atoms with van der Waals surface area (Å²) in [6.45, 7) is 8.45. The molecule has 0 amide bonds. The fraction of sp³-hybridized carbons (Fsp3) is 0.588. The van der Waals surface area contributed by atoms with E-state index in [4.69, 9.17) is 4.74 Å². The smallest absolute Gasteiger partial charge is 0.317 e. The Kier molecular flexibility index (Phi) is 5.29. The van der Waals surface area contributed by atoms with E-state index >= 15 is 0 Å². The van der Waals surface area contributed by atoms with E-state index in [2.05, 4.69) is 15.0 Å². The van der Waals surface area contributed by atoms with Crippen LogP contribution in [0.2, 0.25) is 0 Å². The highest BCUT2D eigenvalue weighted by molar-refractivity contribution is 7.89. The highest BCUT2D eigenvalue weighted by atomic mass is 32.2. The standard InChI is InChI=1S/C17H25N5O3S/c1-12(2)21-10-16(18-11-21)26(23,24)22-7-5-6-15(9-22)25-17-19-13(3)8-14(4)20-17/h8,10-12,15H,5-7,9H2,1-4H3/t15-/m1/s1. The number of nitrogens with zero attached hydrogens (tertiary/aromatic N) is 5. The van der Waals surface area contributed by atoms with Gasteiger partial charge in [-0.25, -0.2) is 23.4 Å². The molecule has 1 fully saturated rings. The van der Waals surface area contributed by atoms with Crippen LogP contribution in [0.4, 0.5) is 0 Å². The van der Waals surface area contributed by atoms with Gasteiger partial charge in [0.25, 0.3) is 10.0 Å². The minimum Gasteiger partial charge on any atom is -0.459 e. The molecule has 1 aliphatic heterocycles. The van der Waals surface area contributed by atoms with Gasteiger partial charge in [-0.15, -0.1) is 0 Å². The van der Waals surface area contributed by atoms with E-state index in [1.165, 1.54) is 4.31 Å². The molecule has 26 heavy (non-hydrogen) atoms. The molecule has 2 aromatic heterocycles. The van der Waals surface area contributed by atoms with Crippen LogP contribution in [0.15, 0.2) is 23.6 Å². The van der Waals surface area contributed by atoms with Crippen LogP contribution in [0, 0.1) is 13.8 Å². The number of hydrogen-bond donors (Lipinski definition) is 0. The quantitative estimate of drug-likeness (QED) is 0.790. The van der Waals surface area contributed by atoms with Gasteiger partial charge in [0.15, 0.2) is 5.03 Å². The Balaban J connectivity index is 1.74. The molecular formula is C17H25N5O3S. The van der Waals surface area contributed by atoms with Crippen LogP contribution in [-0.2, 0) is 10.0 Å². The topological polar surface area (TPSA) is 90.2 Å². The van der Waals surface area contributed by atoms with Crippen LogP contribution < -0.4 is 4.74 Å². The normalized spacial score (nSPS) is 19.0. The number of hydrogen-bond acceptors (Lipinski definition) is 6. The van der Waals surface area contributed by atoms with Crippen LogP contribution in [0.25, 0.3) is 0 Å². The third-order valence-corrected chi connectivity index (χ3v) is 6.10. The monoisotopic (exact) mass is 379 g/mol. The van der Waals surface area contributed by atoms with E-state index in [0.29, 0.717) is 12.6 Å². The lowest BCUT2D eigenvalue weighted by atomic mass is 10.1. The second-order valence-electron chi connectivity index (χ2n) is 6.93. The third-order valence-electron chi connectivity index (χ3n) is 4.35. The molecule has 0 radical (unpaired) electrons. The highest BCUT2D eigenvalue weighted by Gasteiger charge is 2.33. The van der Waals surface area contributed by atoms with Crippen molar-refractivity contribution in [3.05, 3.63) is 30.0 Å². The van der Waals surface area contributed by atoms with E-state index in [-0.39, 0.29) is 23.7 Å². The van der Waals surface area contributed by atoms with Gasteiger partial charge in [-0.3, -0.25) is 0 Å². The summed E-state index contributed by atoms with van der Waals surface area (Å²) in [5.41, 5.74) is 1.65. The number of piperidine rings is 1. The van der Waals surface area contributed by atoms with Gasteiger partial charge >= 0.3 is 6.01 Å². The number of aryl methyl sites for hydroxylation is 2. The fourth-order valence-corrected chi connectivity index (χ4v) is 4.41. The summed E-state index contributed by atoms with van der Waals surface area (Å²) >= 11 is 0. The van der Waals surface area contributed by atoms with Crippen LogP contribution in [0.5, 0.6) is 6.01 Å². The molecule has 3 heterocycles. The van der Waals surface area contributed by atoms with E-state index in [0.717, 1.165) is 24.2 Å². The van der Waals surface area contributed by atoms with Crippen molar-refractivity contribution in [1.29, 1.82) is 0 Å². The van der Waals surface area contributed by atoms with Crippen molar-refractivity contribution < 1.29 is 13.2 Å². The Morgan fingerprint density at radius 2 is 1.92 bits per heavy atom. The first-order valence-corrected chi connectivity index (χ1v) is 10.2. The lowest BCUT2D eigenvalue weighted by molar-refractivity contribution is 0.118. The summed E-state index contributed by atoms with van der Waals surface area (Å²) in [4.78, 5) is 12.6. The average molecular weight is 379 g/mol. The largest absolute Gasteiger partial charge is 0.459 e. The molecule has 0 aromatic carbocycles. The number of sulfonamides is 1. The predicted molar refractivity (Wildman–Crippen MR) is 96.5 cm³/mol. The molecular weight excluding hydrogens is 354 g/mol. The molecule has 8 nitrogen and oxygen atoms in total. The van der Waals surface area contributed by atoms with Gasteiger partial charge in [-0.1, -0.05) is 0 Å². The third kappa shape index (κ3) is 4.04. The van der Waals surface area contributed by atoms with Crippen molar-refractivity contribution in [2.24, 2.45) is 0 Å². The van der Waals surface area contributed by atoms with Gasteiger partial charge in [0.2, 0.25) is 0 Å². The number of ether oxygens (including phenoxy) is 1. The maximum Gasteiger partial charge on any atom is 0.317 e. The molecule has 1 saturated heterocycles. The van der Waals surface area contributed by atoms with E-state index in [9.17, 15) is 8.42 Å². The molecule has 0 saturated carbocycles. The van der Waals surface area contributed by atoms with Crippen molar-refractivity contribution in [3.8, 4) is 6.01 Å². The van der Waals surface area contributed by atoms with Gasteiger partial charge in [-0.05, 0) is 46.6 Å². The van der Waals surface area contributed by atoms with Crippen molar-refractivity contribution in [1.82, 2.24) is 23.8 Å². The molecule has 0 bridgehead atoms. The van der Waals surface area contributed by atoms with Crippen LogP contribution in [0.1, 0.15) is 44.1 Å². The van der Waals surface area contributed by atoms with Crippen molar-refractivity contribution in [2.75, 3.05) is 13.1 Å².